The second-order valence-electron chi connectivity index (χ2n) is 6.65. The van der Waals surface area contributed by atoms with Crippen molar-refractivity contribution in [2.75, 3.05) is 14.1 Å². The first-order valence-electron chi connectivity index (χ1n) is 9.16. The highest BCUT2D eigenvalue weighted by molar-refractivity contribution is 7.99. The Hall–Kier alpha value is -2.75. The Bertz CT molecular complexity index is 916. The number of hydrogen-bond donors (Lipinski definition) is 0. The van der Waals surface area contributed by atoms with E-state index >= 15 is 0 Å². The molecule has 31 heavy (non-hydrogen) atoms. The van der Waals surface area contributed by atoms with Crippen LogP contribution in [-0.4, -0.2) is 19.0 Å². The summed E-state index contributed by atoms with van der Waals surface area (Å²) in [6.07, 6.45) is 1.97. The van der Waals surface area contributed by atoms with Crippen molar-refractivity contribution < 1.29 is 28.9 Å². The van der Waals surface area contributed by atoms with Gasteiger partial charge in [-0.3, -0.25) is 0 Å². The molecule has 0 aromatic heterocycles. The largest absolute Gasteiger partial charge is 0.380 e. The van der Waals surface area contributed by atoms with Crippen molar-refractivity contribution >= 4 is 23.2 Å². The van der Waals surface area contributed by atoms with Gasteiger partial charge in [-0.05, 0) is 36.4 Å². The van der Waals surface area contributed by atoms with Crippen LogP contribution in [0.5, 0.6) is 0 Å². The Morgan fingerprint density at radius 1 is 0.742 bits per heavy atom. The number of halogens is 1. The molecule has 0 aliphatic rings. The molecule has 0 fully saturated rings. The minimum atomic E-state index is -4.94. The molecule has 3 rings (SSSR count). The Morgan fingerprint density at radius 2 is 1.03 bits per heavy atom. The first-order valence-corrected chi connectivity index (χ1v) is 12.2. The minimum absolute atomic E-state index is 0.797. The van der Waals surface area contributed by atoms with E-state index in [1.807, 2.05) is 43.4 Å². The van der Waals surface area contributed by atoms with Crippen LogP contribution in [0.3, 0.4) is 0 Å². The molecular formula is C23H22ClN2O4P. The van der Waals surface area contributed by atoms with Gasteiger partial charge in [0.25, 0.3) is 0 Å². The first kappa shape index (κ1) is 24.5. The summed E-state index contributed by atoms with van der Waals surface area (Å²) in [6.45, 7) is 0. The number of allylic oxidation sites excluding steroid dienone is 1. The van der Waals surface area contributed by atoms with Crippen LogP contribution >= 0.6 is 7.26 Å². The van der Waals surface area contributed by atoms with Crippen LogP contribution in [0.25, 0.3) is 0 Å². The Morgan fingerprint density at radius 3 is 1.26 bits per heavy atom. The summed E-state index contributed by atoms with van der Waals surface area (Å²) < 4.78 is 34.0. The van der Waals surface area contributed by atoms with Crippen LogP contribution in [0.4, 0.5) is 0 Å². The normalized spacial score (nSPS) is 11.7. The molecule has 3 aromatic carbocycles. The Labute approximate surface area is 185 Å². The van der Waals surface area contributed by atoms with Gasteiger partial charge in [0, 0.05) is 14.1 Å². The van der Waals surface area contributed by atoms with Gasteiger partial charge in [-0.1, -0.05) is 54.6 Å². The quantitative estimate of drug-likeness (QED) is 0.364. The SMILES string of the molecule is CN(C)/C=C(\C#N)[P+](c1ccccc1)(c1ccccc1)c1ccccc1.[O-][Cl+3]([O-])([O-])[O-]. The topological polar surface area (TPSA) is 119 Å². The van der Waals surface area contributed by atoms with E-state index in [1.165, 1.54) is 15.9 Å². The molecule has 0 N–H and O–H groups in total. The predicted octanol–water partition coefficient (Wildman–Crippen LogP) is -0.849. The molecule has 0 spiro atoms. The molecule has 0 radical (unpaired) electrons. The summed E-state index contributed by atoms with van der Waals surface area (Å²) in [5, 5.41) is 14.5. The molecule has 0 unspecified atom stereocenters. The third kappa shape index (κ3) is 6.61. The summed E-state index contributed by atoms with van der Waals surface area (Å²) in [7, 11) is -3.27. The summed E-state index contributed by atoms with van der Waals surface area (Å²) >= 11 is 0. The molecule has 0 aliphatic carbocycles. The van der Waals surface area contributed by atoms with Gasteiger partial charge < -0.3 is 4.90 Å². The zero-order valence-corrected chi connectivity index (χ0v) is 18.7. The molecule has 0 saturated heterocycles. The average Bonchev–Trinajstić information content (AvgIpc) is 2.74. The lowest BCUT2D eigenvalue weighted by atomic mass is 10.4. The maximum Gasteiger partial charge on any atom is 0.201 e. The van der Waals surface area contributed by atoms with E-state index in [2.05, 4.69) is 78.9 Å². The van der Waals surface area contributed by atoms with Crippen LogP contribution in [-0.2, 0) is 0 Å². The van der Waals surface area contributed by atoms with Gasteiger partial charge in [-0.2, -0.15) is 5.26 Å². The molecule has 6 nitrogen and oxygen atoms in total. The van der Waals surface area contributed by atoms with E-state index in [-0.39, 0.29) is 0 Å². The first-order chi connectivity index (χ1) is 14.7. The molecule has 0 saturated carbocycles. The van der Waals surface area contributed by atoms with Crippen molar-refractivity contribution in [3.05, 3.63) is 103 Å². The van der Waals surface area contributed by atoms with Gasteiger partial charge in [0.15, 0.2) is 7.26 Å². The Balaban J connectivity index is 0.000000614. The fourth-order valence-corrected chi connectivity index (χ4v) is 7.40. The highest BCUT2D eigenvalue weighted by Gasteiger charge is 2.50. The average molecular weight is 457 g/mol. The lowest BCUT2D eigenvalue weighted by Crippen LogP contribution is -2.68. The molecular weight excluding hydrogens is 435 g/mol. The van der Waals surface area contributed by atoms with Crippen LogP contribution < -0.4 is 34.5 Å². The van der Waals surface area contributed by atoms with Gasteiger partial charge in [0.2, 0.25) is 5.31 Å². The Kier molecular flexibility index (Phi) is 8.73. The maximum atomic E-state index is 10.2. The fraction of sp³-hybridized carbons (Fsp3) is 0.0870. The molecule has 160 valence electrons. The van der Waals surface area contributed by atoms with Gasteiger partial charge >= 0.3 is 0 Å². The lowest BCUT2D eigenvalue weighted by molar-refractivity contribution is -2.00. The summed E-state index contributed by atoms with van der Waals surface area (Å²) in [5.41, 5.74) is 0. The number of rotatable bonds is 5. The van der Waals surface area contributed by atoms with Gasteiger partial charge in [0.1, 0.15) is 22.0 Å². The number of benzene rings is 3. The summed E-state index contributed by atoms with van der Waals surface area (Å²) in [4.78, 5) is 1.96. The molecule has 0 atom stereocenters. The van der Waals surface area contributed by atoms with Crippen LogP contribution in [0, 0.1) is 21.6 Å². The molecule has 0 amide bonds. The van der Waals surface area contributed by atoms with Crippen LogP contribution in [0.1, 0.15) is 0 Å². The highest BCUT2D eigenvalue weighted by Crippen LogP contribution is 2.62. The van der Waals surface area contributed by atoms with E-state index in [9.17, 15) is 5.26 Å². The van der Waals surface area contributed by atoms with Crippen molar-refractivity contribution in [2.24, 2.45) is 0 Å². The van der Waals surface area contributed by atoms with Gasteiger partial charge in [0.05, 0.1) is 6.20 Å². The molecule has 3 aromatic rings. The van der Waals surface area contributed by atoms with Crippen molar-refractivity contribution in [3.63, 3.8) is 0 Å². The van der Waals surface area contributed by atoms with Crippen molar-refractivity contribution in [3.8, 4) is 6.07 Å². The van der Waals surface area contributed by atoms with E-state index < -0.39 is 17.5 Å². The smallest absolute Gasteiger partial charge is 0.201 e. The zero-order chi connectivity index (χ0) is 22.9. The lowest BCUT2D eigenvalue weighted by Gasteiger charge is -2.27. The number of nitriles is 1. The predicted molar refractivity (Wildman–Crippen MR) is 113 cm³/mol. The third-order valence-corrected chi connectivity index (χ3v) is 8.44. The second kappa shape index (κ2) is 11.0. The van der Waals surface area contributed by atoms with Gasteiger partial charge in [-0.15, -0.1) is 10.2 Å². The summed E-state index contributed by atoms with van der Waals surface area (Å²) in [6, 6.07) is 33.8. The van der Waals surface area contributed by atoms with Crippen molar-refractivity contribution in [1.29, 1.82) is 5.26 Å². The maximum absolute atomic E-state index is 10.2. The molecule has 8 heteroatoms. The molecule has 0 heterocycles. The molecule has 0 bridgehead atoms. The minimum Gasteiger partial charge on any atom is -0.380 e. The van der Waals surface area contributed by atoms with E-state index in [4.69, 9.17) is 18.6 Å². The van der Waals surface area contributed by atoms with Crippen LogP contribution in [0.2, 0.25) is 0 Å². The van der Waals surface area contributed by atoms with E-state index in [0.717, 1.165) is 5.31 Å². The second-order valence-corrected chi connectivity index (χ2v) is 10.8. The third-order valence-electron chi connectivity index (χ3n) is 4.29. The highest BCUT2D eigenvalue weighted by atomic mass is 35.7. The zero-order valence-electron chi connectivity index (χ0n) is 17.1. The standard InChI is InChI=1S/C23H22N2P.ClHO4/c1-25(2)19-23(18-24)26(20-12-6-3-7-13-20,21-14-8-4-9-15-21)22-16-10-5-11-17-22;2-1(3,4)5/h3-17,19H,1-2H3;(H,2,3,4,5)/q+1;/p-1/b23-19+;. The number of hydrogen-bond acceptors (Lipinski definition) is 6. The number of nitrogens with zero attached hydrogens (tertiary/aromatic N) is 2. The monoisotopic (exact) mass is 456 g/mol. The summed E-state index contributed by atoms with van der Waals surface area (Å²) in [5.74, 6) is 0. The van der Waals surface area contributed by atoms with Crippen molar-refractivity contribution in [2.45, 2.75) is 0 Å². The molecule has 0 aliphatic heterocycles. The fourth-order valence-electron chi connectivity index (χ4n) is 3.25. The van der Waals surface area contributed by atoms with Gasteiger partial charge in [-0.25, -0.2) is 18.6 Å². The van der Waals surface area contributed by atoms with Crippen molar-refractivity contribution in [1.82, 2.24) is 4.90 Å². The van der Waals surface area contributed by atoms with Crippen LogP contribution in [0.15, 0.2) is 103 Å². The van der Waals surface area contributed by atoms with E-state index in [1.54, 1.807) is 0 Å². The van der Waals surface area contributed by atoms with E-state index in [0.29, 0.717) is 0 Å².